The number of carbonyl (C=O) groups is 2. The van der Waals surface area contributed by atoms with Crippen LogP contribution < -0.4 is 10.2 Å². The summed E-state index contributed by atoms with van der Waals surface area (Å²) in [6, 6.07) is 10.9. The molecule has 108 valence electrons. The Morgan fingerprint density at radius 1 is 1.05 bits per heavy atom. The fourth-order valence-electron chi connectivity index (χ4n) is 1.69. The monoisotopic (exact) mass is 288 g/mol. The molecule has 2 aromatic carbocycles. The van der Waals surface area contributed by atoms with Gasteiger partial charge in [-0.15, -0.1) is 0 Å². The highest BCUT2D eigenvalue weighted by atomic mass is 19.1. The number of hydrogen-bond acceptors (Lipinski definition) is 2. The second-order valence-electron chi connectivity index (χ2n) is 4.35. The zero-order valence-electron chi connectivity index (χ0n) is 11.2. The lowest BCUT2D eigenvalue weighted by molar-refractivity contribution is 0.0697. The third-order valence-corrected chi connectivity index (χ3v) is 2.90. The van der Waals surface area contributed by atoms with Crippen LogP contribution in [0.25, 0.3) is 0 Å². The zero-order chi connectivity index (χ0) is 15.4. The van der Waals surface area contributed by atoms with E-state index >= 15 is 0 Å². The minimum Gasteiger partial charge on any atom is -0.478 e. The van der Waals surface area contributed by atoms with E-state index in [1.165, 1.54) is 53.4 Å². The molecule has 0 atom stereocenters. The van der Waals surface area contributed by atoms with Crippen LogP contribution in [0.15, 0.2) is 48.5 Å². The van der Waals surface area contributed by atoms with Gasteiger partial charge in [0.15, 0.2) is 0 Å². The molecule has 0 fully saturated rings. The van der Waals surface area contributed by atoms with Crippen molar-refractivity contribution < 1.29 is 19.1 Å². The number of carbonyl (C=O) groups excluding carboxylic acids is 1. The van der Waals surface area contributed by atoms with E-state index in [0.29, 0.717) is 11.4 Å². The van der Waals surface area contributed by atoms with Gasteiger partial charge >= 0.3 is 12.0 Å². The number of urea groups is 1. The third kappa shape index (κ3) is 3.56. The van der Waals surface area contributed by atoms with Crippen molar-refractivity contribution in [1.29, 1.82) is 0 Å². The van der Waals surface area contributed by atoms with E-state index in [9.17, 15) is 14.0 Å². The lowest BCUT2D eigenvalue weighted by Gasteiger charge is -2.18. The number of nitrogens with one attached hydrogen (secondary N) is 1. The normalized spacial score (nSPS) is 10.0. The molecule has 2 amide bonds. The Labute approximate surface area is 120 Å². The van der Waals surface area contributed by atoms with E-state index in [1.54, 1.807) is 7.05 Å². The van der Waals surface area contributed by atoms with E-state index in [0.717, 1.165) is 0 Å². The molecule has 6 heteroatoms. The number of anilines is 2. The van der Waals surface area contributed by atoms with Gasteiger partial charge in [0, 0.05) is 18.4 Å². The fourth-order valence-corrected chi connectivity index (χ4v) is 1.69. The molecule has 2 N–H and O–H groups in total. The molecule has 0 spiro atoms. The molecule has 0 unspecified atom stereocenters. The summed E-state index contributed by atoms with van der Waals surface area (Å²) in [5.74, 6) is -1.41. The summed E-state index contributed by atoms with van der Waals surface area (Å²) in [5.41, 5.74) is 1.15. The first-order chi connectivity index (χ1) is 9.97. The van der Waals surface area contributed by atoms with Crippen molar-refractivity contribution in [2.45, 2.75) is 0 Å². The third-order valence-electron chi connectivity index (χ3n) is 2.90. The SMILES string of the molecule is CN(C(=O)Nc1ccc(F)cc1)c1ccc(C(=O)O)cc1. The number of rotatable bonds is 3. The lowest BCUT2D eigenvalue weighted by atomic mass is 10.2. The van der Waals surface area contributed by atoms with Crippen LogP contribution in [-0.4, -0.2) is 24.2 Å². The number of carboxylic acids is 1. The van der Waals surface area contributed by atoms with Crippen LogP contribution in [-0.2, 0) is 0 Å². The second kappa shape index (κ2) is 6.04. The van der Waals surface area contributed by atoms with E-state index in [1.807, 2.05) is 0 Å². The first-order valence-corrected chi connectivity index (χ1v) is 6.11. The molecule has 0 aliphatic heterocycles. The number of carboxylic acid groups (broad SMARTS) is 1. The van der Waals surface area contributed by atoms with Gasteiger partial charge in [-0.2, -0.15) is 0 Å². The lowest BCUT2D eigenvalue weighted by Crippen LogP contribution is -2.31. The maximum absolute atomic E-state index is 12.8. The summed E-state index contributed by atoms with van der Waals surface area (Å²) in [5, 5.41) is 11.4. The first kappa shape index (κ1) is 14.5. The Morgan fingerprint density at radius 2 is 1.62 bits per heavy atom. The molecule has 0 saturated heterocycles. The van der Waals surface area contributed by atoms with Gasteiger partial charge in [0.05, 0.1) is 5.56 Å². The van der Waals surface area contributed by atoms with Gasteiger partial charge in [0.2, 0.25) is 0 Å². The van der Waals surface area contributed by atoms with Gasteiger partial charge in [-0.05, 0) is 48.5 Å². The van der Waals surface area contributed by atoms with Crippen LogP contribution in [0.5, 0.6) is 0 Å². The molecule has 0 heterocycles. The minimum absolute atomic E-state index is 0.145. The maximum Gasteiger partial charge on any atom is 0.335 e. The van der Waals surface area contributed by atoms with Crippen LogP contribution in [0.2, 0.25) is 0 Å². The predicted octanol–water partition coefficient (Wildman–Crippen LogP) is 3.19. The van der Waals surface area contributed by atoms with Crippen LogP contribution in [0.4, 0.5) is 20.6 Å². The van der Waals surface area contributed by atoms with E-state index in [2.05, 4.69) is 5.32 Å². The summed E-state index contributed by atoms with van der Waals surface area (Å²) in [4.78, 5) is 24.1. The molecule has 2 rings (SSSR count). The summed E-state index contributed by atoms with van der Waals surface area (Å²) in [7, 11) is 1.55. The van der Waals surface area contributed by atoms with Gasteiger partial charge in [-0.1, -0.05) is 0 Å². The van der Waals surface area contributed by atoms with E-state index in [4.69, 9.17) is 5.11 Å². The second-order valence-corrected chi connectivity index (χ2v) is 4.35. The summed E-state index contributed by atoms with van der Waals surface area (Å²) in [6.07, 6.45) is 0. The summed E-state index contributed by atoms with van der Waals surface area (Å²) in [6.45, 7) is 0. The highest BCUT2D eigenvalue weighted by Gasteiger charge is 2.12. The topological polar surface area (TPSA) is 69.6 Å². The van der Waals surface area contributed by atoms with Crippen molar-refractivity contribution in [3.05, 3.63) is 59.9 Å². The zero-order valence-corrected chi connectivity index (χ0v) is 11.2. The van der Waals surface area contributed by atoms with Crippen molar-refractivity contribution in [2.24, 2.45) is 0 Å². The van der Waals surface area contributed by atoms with Crippen LogP contribution in [0, 0.1) is 5.82 Å². The number of amides is 2. The highest BCUT2D eigenvalue weighted by Crippen LogP contribution is 2.16. The molecule has 0 saturated carbocycles. The van der Waals surface area contributed by atoms with Gasteiger partial charge in [0.1, 0.15) is 5.82 Å². The van der Waals surface area contributed by atoms with E-state index < -0.39 is 12.0 Å². The Hall–Kier alpha value is -2.89. The van der Waals surface area contributed by atoms with Crippen LogP contribution >= 0.6 is 0 Å². The minimum atomic E-state index is -1.03. The molecule has 5 nitrogen and oxygen atoms in total. The molecule has 2 aromatic rings. The van der Waals surface area contributed by atoms with Crippen molar-refractivity contribution in [3.8, 4) is 0 Å². The smallest absolute Gasteiger partial charge is 0.335 e. The summed E-state index contributed by atoms with van der Waals surface area (Å²) >= 11 is 0. The molecular weight excluding hydrogens is 275 g/mol. The van der Waals surface area contributed by atoms with Gasteiger partial charge in [-0.3, -0.25) is 4.90 Å². The fraction of sp³-hybridized carbons (Fsp3) is 0.0667. The van der Waals surface area contributed by atoms with Gasteiger partial charge < -0.3 is 10.4 Å². The quantitative estimate of drug-likeness (QED) is 0.911. The molecule has 0 radical (unpaired) electrons. The average Bonchev–Trinajstić information content (AvgIpc) is 2.49. The van der Waals surface area contributed by atoms with Gasteiger partial charge in [-0.25, -0.2) is 14.0 Å². The number of hydrogen-bond donors (Lipinski definition) is 2. The van der Waals surface area contributed by atoms with Crippen molar-refractivity contribution >= 4 is 23.4 Å². The molecule has 21 heavy (non-hydrogen) atoms. The molecule has 0 aliphatic carbocycles. The Balaban J connectivity index is 2.08. The maximum atomic E-state index is 12.8. The number of benzene rings is 2. The largest absolute Gasteiger partial charge is 0.478 e. The Morgan fingerprint density at radius 3 is 2.14 bits per heavy atom. The van der Waals surface area contributed by atoms with Crippen LogP contribution in [0.1, 0.15) is 10.4 Å². The molecule has 0 aliphatic rings. The molecular formula is C15H13FN2O3. The van der Waals surface area contributed by atoms with Gasteiger partial charge in [0.25, 0.3) is 0 Å². The summed E-state index contributed by atoms with van der Waals surface area (Å²) < 4.78 is 12.8. The van der Waals surface area contributed by atoms with Crippen LogP contribution in [0.3, 0.4) is 0 Å². The highest BCUT2D eigenvalue weighted by molar-refractivity contribution is 6.01. The number of aromatic carboxylic acids is 1. The number of halogens is 1. The predicted molar refractivity (Wildman–Crippen MR) is 77.2 cm³/mol. The average molecular weight is 288 g/mol. The first-order valence-electron chi connectivity index (χ1n) is 6.11. The Kier molecular flexibility index (Phi) is 4.18. The van der Waals surface area contributed by atoms with Crippen molar-refractivity contribution in [1.82, 2.24) is 0 Å². The molecule has 0 aromatic heterocycles. The number of nitrogens with zero attached hydrogens (tertiary/aromatic N) is 1. The Bertz CT molecular complexity index is 654. The van der Waals surface area contributed by atoms with E-state index in [-0.39, 0.29) is 11.4 Å². The standard InChI is InChI=1S/C15H13FN2O3/c1-18(13-8-2-10(3-9-13)14(19)20)15(21)17-12-6-4-11(16)5-7-12/h2-9H,1H3,(H,17,21)(H,19,20). The van der Waals surface area contributed by atoms with Crippen molar-refractivity contribution in [2.75, 3.05) is 17.3 Å². The molecule has 0 bridgehead atoms. The van der Waals surface area contributed by atoms with Crippen molar-refractivity contribution in [3.63, 3.8) is 0 Å².